The van der Waals surface area contributed by atoms with Gasteiger partial charge < -0.3 is 10.2 Å². The van der Waals surface area contributed by atoms with Crippen molar-refractivity contribution in [2.75, 3.05) is 19.6 Å². The molecule has 1 amide bonds. The molecule has 3 rings (SSSR count). The Hall–Kier alpha value is -2.63. The van der Waals surface area contributed by atoms with Crippen molar-refractivity contribution in [3.63, 3.8) is 0 Å². The van der Waals surface area contributed by atoms with Gasteiger partial charge in [-0.3, -0.25) is 4.79 Å². The van der Waals surface area contributed by atoms with E-state index in [0.29, 0.717) is 10.7 Å². The molecule has 1 heterocycles. The predicted molar refractivity (Wildman–Crippen MR) is 137 cm³/mol. The van der Waals surface area contributed by atoms with Crippen LogP contribution in [0.2, 0.25) is 5.02 Å². The minimum Gasteiger partial charge on any atom is -0.348 e. The van der Waals surface area contributed by atoms with Crippen molar-refractivity contribution in [2.24, 2.45) is 0 Å². The number of benzene rings is 2. The zero-order valence-electron chi connectivity index (χ0n) is 20.4. The number of nitrogens with zero attached hydrogens (tertiary/aromatic N) is 3. The molecule has 0 spiro atoms. The van der Waals surface area contributed by atoms with Gasteiger partial charge in [0.25, 0.3) is 5.91 Å². The highest BCUT2D eigenvalue weighted by Crippen LogP contribution is 2.25. The molecule has 6 heteroatoms. The minimum atomic E-state index is -0.132. The first-order valence-corrected chi connectivity index (χ1v) is 12.2. The van der Waals surface area contributed by atoms with E-state index in [9.17, 15) is 4.79 Å². The van der Waals surface area contributed by atoms with Crippen LogP contribution in [-0.4, -0.2) is 46.3 Å². The van der Waals surface area contributed by atoms with Gasteiger partial charge in [0.1, 0.15) is 5.69 Å². The molecule has 176 valence electrons. The minimum absolute atomic E-state index is 0.0702. The third-order valence-corrected chi connectivity index (χ3v) is 6.42. The summed E-state index contributed by atoms with van der Waals surface area (Å²) in [5.74, 6) is -0.132. The summed E-state index contributed by atoms with van der Waals surface area (Å²) in [6.07, 6.45) is 1.97. The van der Waals surface area contributed by atoms with E-state index in [2.05, 4.69) is 57.0 Å². The normalized spacial score (nSPS) is 12.2. The number of aromatic nitrogens is 2. The summed E-state index contributed by atoms with van der Waals surface area (Å²) in [5.41, 5.74) is 5.43. The average molecular weight is 467 g/mol. The molecule has 0 aliphatic carbocycles. The molecule has 1 unspecified atom stereocenters. The zero-order chi connectivity index (χ0) is 24.0. The van der Waals surface area contributed by atoms with E-state index in [1.807, 2.05) is 36.4 Å². The fourth-order valence-electron chi connectivity index (χ4n) is 3.92. The maximum Gasteiger partial charge on any atom is 0.270 e. The van der Waals surface area contributed by atoms with Crippen LogP contribution in [0, 0.1) is 13.8 Å². The molecule has 0 bridgehead atoms. The highest BCUT2D eigenvalue weighted by atomic mass is 35.5. The molecule has 0 fully saturated rings. The zero-order valence-corrected chi connectivity index (χ0v) is 21.1. The molecule has 0 aliphatic heterocycles. The molecule has 1 N–H and O–H groups in total. The van der Waals surface area contributed by atoms with Crippen molar-refractivity contribution in [1.82, 2.24) is 20.0 Å². The van der Waals surface area contributed by atoms with Crippen LogP contribution in [-0.2, 0) is 0 Å². The molecule has 2 aromatic carbocycles. The van der Waals surface area contributed by atoms with Gasteiger partial charge in [0.15, 0.2) is 0 Å². The van der Waals surface area contributed by atoms with Crippen LogP contribution in [0.15, 0.2) is 48.5 Å². The Morgan fingerprint density at radius 3 is 2.52 bits per heavy atom. The quantitative estimate of drug-likeness (QED) is 0.395. The van der Waals surface area contributed by atoms with Crippen molar-refractivity contribution in [2.45, 2.75) is 53.5 Å². The molecule has 1 aromatic heterocycles. The van der Waals surface area contributed by atoms with Crippen LogP contribution in [0.5, 0.6) is 0 Å². The highest BCUT2D eigenvalue weighted by Gasteiger charge is 2.19. The Morgan fingerprint density at radius 2 is 1.85 bits per heavy atom. The number of aryl methyl sites for hydroxylation is 2. The SMILES string of the molecule is CCN(CC)CCCC(C)NC(=O)c1cc(-c2ccc(C)c(C)c2)nn1-c1cccc(Cl)c1. The van der Waals surface area contributed by atoms with Crippen molar-refractivity contribution in [3.05, 3.63) is 70.4 Å². The monoisotopic (exact) mass is 466 g/mol. The summed E-state index contributed by atoms with van der Waals surface area (Å²) in [4.78, 5) is 15.7. The van der Waals surface area contributed by atoms with Crippen molar-refractivity contribution in [3.8, 4) is 16.9 Å². The Bertz CT molecular complexity index is 1090. The maximum atomic E-state index is 13.3. The van der Waals surface area contributed by atoms with E-state index in [4.69, 9.17) is 16.7 Å². The second-order valence-corrected chi connectivity index (χ2v) is 9.09. The second kappa shape index (κ2) is 11.5. The van der Waals surface area contributed by atoms with E-state index >= 15 is 0 Å². The molecule has 0 saturated heterocycles. The molecule has 5 nitrogen and oxygen atoms in total. The lowest BCUT2D eigenvalue weighted by Gasteiger charge is -2.20. The average Bonchev–Trinajstić information content (AvgIpc) is 3.24. The van der Waals surface area contributed by atoms with Gasteiger partial charge in [0.2, 0.25) is 0 Å². The van der Waals surface area contributed by atoms with Gasteiger partial charge in [-0.1, -0.05) is 43.6 Å². The van der Waals surface area contributed by atoms with Gasteiger partial charge in [-0.15, -0.1) is 0 Å². The summed E-state index contributed by atoms with van der Waals surface area (Å²) in [7, 11) is 0. The van der Waals surface area contributed by atoms with Gasteiger partial charge in [-0.2, -0.15) is 5.10 Å². The third-order valence-electron chi connectivity index (χ3n) is 6.18. The summed E-state index contributed by atoms with van der Waals surface area (Å²) < 4.78 is 1.69. The van der Waals surface area contributed by atoms with E-state index in [-0.39, 0.29) is 11.9 Å². The number of carbonyl (C=O) groups excluding carboxylic acids is 1. The van der Waals surface area contributed by atoms with Crippen LogP contribution >= 0.6 is 11.6 Å². The van der Waals surface area contributed by atoms with Crippen molar-refractivity contribution in [1.29, 1.82) is 0 Å². The van der Waals surface area contributed by atoms with Gasteiger partial charge in [-0.05, 0) is 94.7 Å². The molecule has 1 atom stereocenters. The third kappa shape index (κ3) is 6.46. The smallest absolute Gasteiger partial charge is 0.270 e. The molecule has 0 radical (unpaired) electrons. The first-order chi connectivity index (χ1) is 15.8. The Labute approximate surface area is 202 Å². The molecule has 0 saturated carbocycles. The maximum absolute atomic E-state index is 13.3. The lowest BCUT2D eigenvalue weighted by Crippen LogP contribution is -2.34. The van der Waals surface area contributed by atoms with E-state index < -0.39 is 0 Å². The number of amides is 1. The van der Waals surface area contributed by atoms with Crippen molar-refractivity contribution < 1.29 is 4.79 Å². The van der Waals surface area contributed by atoms with Gasteiger partial charge in [0, 0.05) is 16.6 Å². The number of carbonyl (C=O) groups is 1. The standard InChI is InChI=1S/C27H35ClN4O/c1-6-31(7-2)15-9-10-21(5)29-27(33)26-18-25(22-14-13-19(3)20(4)16-22)30-32(26)24-12-8-11-23(28)17-24/h8,11-14,16-18,21H,6-7,9-10,15H2,1-5H3,(H,29,33). The van der Waals surface area contributed by atoms with Crippen LogP contribution < -0.4 is 5.32 Å². The first kappa shape index (κ1) is 25.0. The number of halogens is 1. The number of hydrogen-bond donors (Lipinski definition) is 1. The van der Waals surface area contributed by atoms with Gasteiger partial charge in [0.05, 0.1) is 11.4 Å². The van der Waals surface area contributed by atoms with Crippen molar-refractivity contribution >= 4 is 17.5 Å². The number of rotatable bonds is 10. The Kier molecular flexibility index (Phi) is 8.70. The van der Waals surface area contributed by atoms with Crippen LogP contribution in [0.25, 0.3) is 16.9 Å². The summed E-state index contributed by atoms with van der Waals surface area (Å²) in [5, 5.41) is 8.56. The van der Waals surface area contributed by atoms with Gasteiger partial charge >= 0.3 is 0 Å². The molecule has 33 heavy (non-hydrogen) atoms. The lowest BCUT2D eigenvalue weighted by molar-refractivity contribution is 0.0929. The van der Waals surface area contributed by atoms with Crippen LogP contribution in [0.1, 0.15) is 55.2 Å². The fraction of sp³-hybridized carbons (Fsp3) is 0.407. The molecule has 0 aliphatic rings. The first-order valence-electron chi connectivity index (χ1n) is 11.8. The largest absolute Gasteiger partial charge is 0.348 e. The topological polar surface area (TPSA) is 50.2 Å². The Morgan fingerprint density at radius 1 is 1.09 bits per heavy atom. The van der Waals surface area contributed by atoms with E-state index in [0.717, 1.165) is 49.4 Å². The van der Waals surface area contributed by atoms with Crippen LogP contribution in [0.4, 0.5) is 0 Å². The number of hydrogen-bond acceptors (Lipinski definition) is 3. The van der Waals surface area contributed by atoms with E-state index in [1.165, 1.54) is 11.1 Å². The van der Waals surface area contributed by atoms with E-state index in [1.54, 1.807) is 4.68 Å². The number of nitrogens with one attached hydrogen (secondary N) is 1. The Balaban J connectivity index is 1.85. The molecular weight excluding hydrogens is 432 g/mol. The molecular formula is C27H35ClN4O. The predicted octanol–water partition coefficient (Wildman–Crippen LogP) is 6.05. The molecule has 3 aromatic rings. The highest BCUT2D eigenvalue weighted by molar-refractivity contribution is 6.30. The summed E-state index contributed by atoms with van der Waals surface area (Å²) in [6.45, 7) is 13.7. The summed E-state index contributed by atoms with van der Waals surface area (Å²) in [6, 6.07) is 15.6. The second-order valence-electron chi connectivity index (χ2n) is 8.65. The lowest BCUT2D eigenvalue weighted by atomic mass is 10.0. The van der Waals surface area contributed by atoms with Crippen LogP contribution in [0.3, 0.4) is 0 Å². The fourth-order valence-corrected chi connectivity index (χ4v) is 4.10. The summed E-state index contributed by atoms with van der Waals surface area (Å²) >= 11 is 6.23. The van der Waals surface area contributed by atoms with Gasteiger partial charge in [-0.25, -0.2) is 4.68 Å².